The van der Waals surface area contributed by atoms with E-state index in [9.17, 15) is 9.59 Å². The Kier molecular flexibility index (Phi) is 3.59. The summed E-state index contributed by atoms with van der Waals surface area (Å²) in [4.78, 5) is 27.5. The topological polar surface area (TPSA) is 89.9 Å². The summed E-state index contributed by atoms with van der Waals surface area (Å²) >= 11 is 5.65. The fraction of sp³-hybridized carbons (Fsp3) is 0.167. The van der Waals surface area contributed by atoms with Crippen molar-refractivity contribution in [1.29, 1.82) is 5.26 Å². The maximum atomic E-state index is 11.8. The first-order chi connectivity index (χ1) is 9.45. The Hall–Kier alpha value is -2.59. The molecule has 0 atom stereocenters. The molecule has 0 aliphatic carbocycles. The first-order valence-electron chi connectivity index (χ1n) is 5.45. The molecule has 0 spiro atoms. The van der Waals surface area contributed by atoms with E-state index in [2.05, 4.69) is 4.98 Å². The zero-order valence-electron chi connectivity index (χ0n) is 10.6. The summed E-state index contributed by atoms with van der Waals surface area (Å²) in [6.45, 7) is 0. The van der Waals surface area contributed by atoms with Crippen LogP contribution in [0.2, 0.25) is 5.15 Å². The monoisotopic (exact) mass is 292 g/mol. The molecule has 0 saturated heterocycles. The standard InChI is InChI=1S/C12H9ClN4O3/c1-16-10(18)8(5-14)11(17(2)12(16)19)20-7-3-4-9(13)15-6-7/h3-4,6H,1-2H3. The molecule has 2 aromatic heterocycles. The number of nitrogens with zero attached hydrogens (tertiary/aromatic N) is 4. The van der Waals surface area contributed by atoms with Crippen LogP contribution >= 0.6 is 11.6 Å². The number of nitriles is 1. The highest BCUT2D eigenvalue weighted by Gasteiger charge is 2.17. The van der Waals surface area contributed by atoms with Gasteiger partial charge in [-0.15, -0.1) is 0 Å². The van der Waals surface area contributed by atoms with Crippen LogP contribution in [0.25, 0.3) is 0 Å². The molecule has 2 rings (SSSR count). The van der Waals surface area contributed by atoms with Crippen molar-refractivity contribution in [2.75, 3.05) is 0 Å². The minimum absolute atomic E-state index is 0.135. The van der Waals surface area contributed by atoms with Gasteiger partial charge in [0.15, 0.2) is 5.56 Å². The molecule has 0 N–H and O–H groups in total. The molecule has 0 saturated carbocycles. The van der Waals surface area contributed by atoms with Crippen molar-refractivity contribution < 1.29 is 4.74 Å². The van der Waals surface area contributed by atoms with Crippen molar-refractivity contribution in [2.24, 2.45) is 14.1 Å². The van der Waals surface area contributed by atoms with Crippen molar-refractivity contribution in [3.8, 4) is 17.7 Å². The number of aromatic nitrogens is 3. The van der Waals surface area contributed by atoms with E-state index in [-0.39, 0.29) is 22.3 Å². The number of hydrogen-bond donors (Lipinski definition) is 0. The van der Waals surface area contributed by atoms with Gasteiger partial charge in [-0.05, 0) is 12.1 Å². The molecule has 20 heavy (non-hydrogen) atoms. The zero-order chi connectivity index (χ0) is 14.9. The average molecular weight is 293 g/mol. The third-order valence-corrected chi connectivity index (χ3v) is 2.86. The van der Waals surface area contributed by atoms with Gasteiger partial charge < -0.3 is 4.74 Å². The molecule has 2 heterocycles. The van der Waals surface area contributed by atoms with E-state index in [0.29, 0.717) is 0 Å². The van der Waals surface area contributed by atoms with Gasteiger partial charge in [0.1, 0.15) is 17.0 Å². The summed E-state index contributed by atoms with van der Waals surface area (Å²) in [5.41, 5.74) is -1.57. The van der Waals surface area contributed by atoms with Gasteiger partial charge in [0.05, 0.1) is 6.20 Å². The van der Waals surface area contributed by atoms with Crippen molar-refractivity contribution in [3.63, 3.8) is 0 Å². The average Bonchev–Trinajstić information content (AvgIpc) is 2.45. The van der Waals surface area contributed by atoms with Crippen LogP contribution in [0.1, 0.15) is 5.56 Å². The molecule has 0 aliphatic heterocycles. The quantitative estimate of drug-likeness (QED) is 0.764. The molecular formula is C12H9ClN4O3. The van der Waals surface area contributed by atoms with Crippen LogP contribution in [0.5, 0.6) is 11.6 Å². The normalized spacial score (nSPS) is 10.1. The summed E-state index contributed by atoms with van der Waals surface area (Å²) in [6.07, 6.45) is 1.32. The van der Waals surface area contributed by atoms with Crippen LogP contribution in [0.3, 0.4) is 0 Å². The minimum Gasteiger partial charge on any atom is -0.437 e. The van der Waals surface area contributed by atoms with E-state index in [0.717, 1.165) is 9.13 Å². The molecule has 0 amide bonds. The summed E-state index contributed by atoms with van der Waals surface area (Å²) in [5, 5.41) is 9.34. The minimum atomic E-state index is -0.715. The van der Waals surface area contributed by atoms with Crippen LogP contribution in [-0.2, 0) is 14.1 Å². The largest absolute Gasteiger partial charge is 0.437 e. The van der Waals surface area contributed by atoms with Gasteiger partial charge in [0.25, 0.3) is 5.56 Å². The highest BCUT2D eigenvalue weighted by Crippen LogP contribution is 2.21. The Morgan fingerprint density at radius 1 is 1.30 bits per heavy atom. The molecule has 0 aliphatic rings. The highest BCUT2D eigenvalue weighted by molar-refractivity contribution is 6.29. The molecule has 0 radical (unpaired) electrons. The van der Waals surface area contributed by atoms with Gasteiger partial charge in [-0.1, -0.05) is 11.6 Å². The number of hydrogen-bond acceptors (Lipinski definition) is 5. The number of pyridine rings is 1. The van der Waals surface area contributed by atoms with E-state index >= 15 is 0 Å². The van der Waals surface area contributed by atoms with Crippen molar-refractivity contribution in [1.82, 2.24) is 14.1 Å². The van der Waals surface area contributed by atoms with Crippen LogP contribution in [-0.4, -0.2) is 14.1 Å². The lowest BCUT2D eigenvalue weighted by Gasteiger charge is -2.12. The van der Waals surface area contributed by atoms with Crippen molar-refractivity contribution >= 4 is 11.6 Å². The smallest absolute Gasteiger partial charge is 0.333 e. The molecule has 0 bridgehead atoms. The van der Waals surface area contributed by atoms with Crippen molar-refractivity contribution in [2.45, 2.75) is 0 Å². The predicted octanol–water partition coefficient (Wildman–Crippen LogP) is 0.796. The molecule has 7 nitrogen and oxygen atoms in total. The van der Waals surface area contributed by atoms with Crippen LogP contribution in [0.4, 0.5) is 0 Å². The van der Waals surface area contributed by atoms with E-state index in [4.69, 9.17) is 21.6 Å². The van der Waals surface area contributed by atoms with E-state index < -0.39 is 11.2 Å². The lowest BCUT2D eigenvalue weighted by molar-refractivity contribution is 0.419. The Morgan fingerprint density at radius 2 is 2.00 bits per heavy atom. The van der Waals surface area contributed by atoms with E-state index in [1.54, 1.807) is 6.07 Å². The Bertz CT molecular complexity index is 815. The second-order valence-corrected chi connectivity index (χ2v) is 4.30. The number of ether oxygens (including phenoxy) is 1. The van der Waals surface area contributed by atoms with Crippen LogP contribution < -0.4 is 16.0 Å². The maximum Gasteiger partial charge on any atom is 0.333 e. The van der Waals surface area contributed by atoms with Gasteiger partial charge in [0.2, 0.25) is 5.88 Å². The van der Waals surface area contributed by atoms with Gasteiger partial charge >= 0.3 is 5.69 Å². The van der Waals surface area contributed by atoms with Gasteiger partial charge in [-0.25, -0.2) is 9.78 Å². The predicted molar refractivity (Wildman–Crippen MR) is 71.0 cm³/mol. The molecule has 0 fully saturated rings. The fourth-order valence-electron chi connectivity index (χ4n) is 1.58. The third kappa shape index (κ3) is 2.29. The van der Waals surface area contributed by atoms with Crippen LogP contribution in [0, 0.1) is 11.3 Å². The van der Waals surface area contributed by atoms with Crippen LogP contribution in [0.15, 0.2) is 27.9 Å². The summed E-state index contributed by atoms with van der Waals surface area (Å²) < 4.78 is 7.33. The SMILES string of the molecule is Cn1c(Oc2ccc(Cl)nc2)c(C#N)c(=O)n(C)c1=O. The van der Waals surface area contributed by atoms with Gasteiger partial charge in [-0.2, -0.15) is 5.26 Å². The molecule has 0 unspecified atom stereocenters. The molecule has 2 aromatic rings. The first-order valence-corrected chi connectivity index (χ1v) is 5.83. The second-order valence-electron chi connectivity index (χ2n) is 3.92. The molecule has 102 valence electrons. The zero-order valence-corrected chi connectivity index (χ0v) is 11.4. The second kappa shape index (κ2) is 5.19. The lowest BCUT2D eigenvalue weighted by Crippen LogP contribution is -2.38. The highest BCUT2D eigenvalue weighted by atomic mass is 35.5. The van der Waals surface area contributed by atoms with E-state index in [1.807, 2.05) is 0 Å². The fourth-order valence-corrected chi connectivity index (χ4v) is 1.69. The van der Waals surface area contributed by atoms with Crippen molar-refractivity contribution in [3.05, 3.63) is 49.9 Å². The summed E-state index contributed by atoms with van der Waals surface area (Å²) in [5.74, 6) is 0.124. The Labute approximate surface area is 118 Å². The third-order valence-electron chi connectivity index (χ3n) is 2.64. The van der Waals surface area contributed by atoms with Gasteiger partial charge in [-0.3, -0.25) is 13.9 Å². The Balaban J connectivity index is 2.63. The maximum absolute atomic E-state index is 11.8. The Morgan fingerprint density at radius 3 is 2.55 bits per heavy atom. The molecule has 0 aromatic carbocycles. The lowest BCUT2D eigenvalue weighted by atomic mass is 10.3. The molecular weight excluding hydrogens is 284 g/mol. The number of halogens is 1. The first kappa shape index (κ1) is 13.8. The van der Waals surface area contributed by atoms with Gasteiger partial charge in [0, 0.05) is 14.1 Å². The summed E-state index contributed by atoms with van der Waals surface area (Å²) in [7, 11) is 2.69. The summed E-state index contributed by atoms with van der Waals surface area (Å²) in [6, 6.07) is 4.74. The van der Waals surface area contributed by atoms with E-state index in [1.165, 1.54) is 32.4 Å². The molecule has 8 heteroatoms. The number of rotatable bonds is 2.